The summed E-state index contributed by atoms with van der Waals surface area (Å²) < 4.78 is 0. The predicted molar refractivity (Wildman–Crippen MR) is 80.0 cm³/mol. The van der Waals surface area contributed by atoms with Gasteiger partial charge in [-0.1, -0.05) is 13.3 Å². The van der Waals surface area contributed by atoms with E-state index in [-0.39, 0.29) is 19.1 Å². The van der Waals surface area contributed by atoms with Crippen molar-refractivity contribution in [2.75, 3.05) is 26.2 Å². The van der Waals surface area contributed by atoms with Crippen LogP contribution in [0.1, 0.15) is 45.4 Å². The number of urea groups is 1. The summed E-state index contributed by atoms with van der Waals surface area (Å²) in [5, 5.41) is 20.7. The Balaban J connectivity index is 2.19. The average molecular weight is 300 g/mol. The molecule has 1 rings (SSSR count). The van der Waals surface area contributed by atoms with Crippen molar-refractivity contribution in [3.05, 3.63) is 0 Å². The number of aliphatic carboxylic acids is 1. The number of hydrogen-bond acceptors (Lipinski definition) is 3. The van der Waals surface area contributed by atoms with Gasteiger partial charge in [-0.25, -0.2) is 4.79 Å². The summed E-state index contributed by atoms with van der Waals surface area (Å²) in [4.78, 5) is 24.3. The Kier molecular flexibility index (Phi) is 8.12. The second kappa shape index (κ2) is 9.60. The summed E-state index contributed by atoms with van der Waals surface area (Å²) in [5.74, 6) is -0.0831. The van der Waals surface area contributed by atoms with Crippen molar-refractivity contribution in [3.63, 3.8) is 0 Å². The number of amides is 2. The predicted octanol–water partition coefficient (Wildman–Crippen LogP) is 1.68. The minimum absolute atomic E-state index is 0.0422. The first-order chi connectivity index (χ1) is 10.1. The van der Waals surface area contributed by atoms with Crippen LogP contribution in [-0.2, 0) is 4.79 Å². The van der Waals surface area contributed by atoms with E-state index in [1.165, 1.54) is 0 Å². The molecule has 6 heteroatoms. The summed E-state index contributed by atoms with van der Waals surface area (Å²) in [6, 6.07) is -0.0422. The van der Waals surface area contributed by atoms with Crippen LogP contribution in [0.2, 0.25) is 0 Å². The van der Waals surface area contributed by atoms with Crippen LogP contribution in [0.3, 0.4) is 0 Å². The van der Waals surface area contributed by atoms with Gasteiger partial charge in [0.25, 0.3) is 0 Å². The van der Waals surface area contributed by atoms with Gasteiger partial charge in [0.2, 0.25) is 0 Å². The largest absolute Gasteiger partial charge is 0.481 e. The lowest BCUT2D eigenvalue weighted by Crippen LogP contribution is -2.45. The first-order valence-corrected chi connectivity index (χ1v) is 7.92. The number of hydrogen-bond donors (Lipinski definition) is 3. The first kappa shape index (κ1) is 17.8. The third-order valence-corrected chi connectivity index (χ3v) is 4.33. The van der Waals surface area contributed by atoms with E-state index in [1.807, 2.05) is 6.92 Å². The van der Waals surface area contributed by atoms with Crippen LogP contribution in [0.5, 0.6) is 0 Å². The van der Waals surface area contributed by atoms with Gasteiger partial charge < -0.3 is 20.4 Å². The van der Waals surface area contributed by atoms with Crippen LogP contribution >= 0.6 is 0 Å². The molecule has 2 amide bonds. The lowest BCUT2D eigenvalue weighted by molar-refractivity contribution is -0.137. The molecule has 1 saturated heterocycles. The Hall–Kier alpha value is -1.30. The number of carboxylic acid groups (broad SMARTS) is 1. The van der Waals surface area contributed by atoms with Gasteiger partial charge in [-0.3, -0.25) is 4.79 Å². The number of carboxylic acids is 1. The fourth-order valence-electron chi connectivity index (χ4n) is 2.69. The first-order valence-electron chi connectivity index (χ1n) is 7.92. The monoisotopic (exact) mass is 300 g/mol. The molecule has 0 saturated carbocycles. The quantitative estimate of drug-likeness (QED) is 0.636. The highest BCUT2D eigenvalue weighted by molar-refractivity contribution is 5.74. The second-order valence-corrected chi connectivity index (χ2v) is 5.84. The number of aliphatic hydroxyl groups excluding tert-OH is 1. The van der Waals surface area contributed by atoms with Crippen molar-refractivity contribution in [2.45, 2.75) is 45.4 Å². The molecule has 122 valence electrons. The van der Waals surface area contributed by atoms with Gasteiger partial charge in [-0.05, 0) is 37.5 Å². The molecule has 3 N–H and O–H groups in total. The van der Waals surface area contributed by atoms with E-state index in [2.05, 4.69) is 5.32 Å². The molecule has 1 aliphatic rings. The Labute approximate surface area is 126 Å². The van der Waals surface area contributed by atoms with Crippen molar-refractivity contribution >= 4 is 12.0 Å². The molecule has 1 atom stereocenters. The number of carbonyl (C=O) groups excluding carboxylic acids is 1. The third-order valence-electron chi connectivity index (χ3n) is 4.33. The van der Waals surface area contributed by atoms with Crippen LogP contribution in [-0.4, -0.2) is 53.4 Å². The Morgan fingerprint density at radius 3 is 2.48 bits per heavy atom. The van der Waals surface area contributed by atoms with Crippen LogP contribution in [0.4, 0.5) is 4.79 Å². The molecule has 0 radical (unpaired) electrons. The Bertz CT molecular complexity index is 328. The lowest BCUT2D eigenvalue weighted by Gasteiger charge is -2.31. The fraction of sp³-hybridized carbons (Fsp3) is 0.867. The zero-order valence-electron chi connectivity index (χ0n) is 12.9. The molecule has 0 aromatic carbocycles. The third kappa shape index (κ3) is 6.80. The van der Waals surface area contributed by atoms with Gasteiger partial charge in [0.1, 0.15) is 0 Å². The maximum Gasteiger partial charge on any atom is 0.317 e. The summed E-state index contributed by atoms with van der Waals surface area (Å²) in [5.41, 5.74) is 0. The molecule has 1 unspecified atom stereocenters. The van der Waals surface area contributed by atoms with Crippen molar-refractivity contribution in [2.24, 2.45) is 11.8 Å². The normalized spacial score (nSPS) is 17.5. The number of piperidine rings is 1. The Morgan fingerprint density at radius 2 is 1.95 bits per heavy atom. The van der Waals surface area contributed by atoms with E-state index in [4.69, 9.17) is 10.2 Å². The summed E-state index contributed by atoms with van der Waals surface area (Å²) in [6.45, 7) is 4.25. The molecule has 1 aliphatic heterocycles. The molecule has 0 aliphatic carbocycles. The Morgan fingerprint density at radius 1 is 1.29 bits per heavy atom. The van der Waals surface area contributed by atoms with Gasteiger partial charge in [0.15, 0.2) is 0 Å². The highest BCUT2D eigenvalue weighted by Crippen LogP contribution is 2.17. The number of aliphatic hydroxyl groups is 1. The van der Waals surface area contributed by atoms with Crippen molar-refractivity contribution in [3.8, 4) is 0 Å². The molecule has 1 heterocycles. The summed E-state index contributed by atoms with van der Waals surface area (Å²) in [6.07, 6.45) is 4.35. The number of likely N-dealkylation sites (tertiary alicyclic amines) is 1. The van der Waals surface area contributed by atoms with E-state index in [0.717, 1.165) is 25.7 Å². The van der Waals surface area contributed by atoms with Gasteiger partial charge in [-0.15, -0.1) is 0 Å². The summed E-state index contributed by atoms with van der Waals surface area (Å²) >= 11 is 0. The van der Waals surface area contributed by atoms with Crippen LogP contribution < -0.4 is 5.32 Å². The highest BCUT2D eigenvalue weighted by Gasteiger charge is 2.22. The molecule has 0 spiro atoms. The molecule has 21 heavy (non-hydrogen) atoms. The van der Waals surface area contributed by atoms with Crippen LogP contribution in [0.15, 0.2) is 0 Å². The number of nitrogens with zero attached hydrogens (tertiary/aromatic N) is 1. The van der Waals surface area contributed by atoms with Gasteiger partial charge in [0.05, 0.1) is 0 Å². The minimum Gasteiger partial charge on any atom is -0.481 e. The van der Waals surface area contributed by atoms with E-state index < -0.39 is 5.97 Å². The molecule has 1 fully saturated rings. The molecule has 0 aromatic rings. The average Bonchev–Trinajstić information content (AvgIpc) is 2.50. The SMILES string of the molecule is CCC(CCNC(=O)N1CCC(CO)CC1)CCC(=O)O. The van der Waals surface area contributed by atoms with Gasteiger partial charge >= 0.3 is 12.0 Å². The van der Waals surface area contributed by atoms with E-state index in [0.29, 0.717) is 37.9 Å². The molecule has 0 bridgehead atoms. The van der Waals surface area contributed by atoms with E-state index in [1.54, 1.807) is 4.90 Å². The molecular formula is C15H28N2O4. The fourth-order valence-corrected chi connectivity index (χ4v) is 2.69. The second-order valence-electron chi connectivity index (χ2n) is 5.84. The van der Waals surface area contributed by atoms with Gasteiger partial charge in [-0.2, -0.15) is 0 Å². The van der Waals surface area contributed by atoms with E-state index >= 15 is 0 Å². The van der Waals surface area contributed by atoms with Crippen molar-refractivity contribution in [1.82, 2.24) is 10.2 Å². The van der Waals surface area contributed by atoms with Gasteiger partial charge in [0, 0.05) is 32.7 Å². The molecule has 6 nitrogen and oxygen atoms in total. The van der Waals surface area contributed by atoms with E-state index in [9.17, 15) is 9.59 Å². The lowest BCUT2D eigenvalue weighted by atomic mass is 9.96. The van der Waals surface area contributed by atoms with Crippen molar-refractivity contribution < 1.29 is 19.8 Å². The molecular weight excluding hydrogens is 272 g/mol. The highest BCUT2D eigenvalue weighted by atomic mass is 16.4. The summed E-state index contributed by atoms with van der Waals surface area (Å²) in [7, 11) is 0. The maximum absolute atomic E-state index is 12.0. The number of carbonyl (C=O) groups is 2. The van der Waals surface area contributed by atoms with Crippen LogP contribution in [0, 0.1) is 11.8 Å². The number of nitrogens with one attached hydrogen (secondary N) is 1. The zero-order valence-corrected chi connectivity index (χ0v) is 12.9. The smallest absolute Gasteiger partial charge is 0.317 e. The van der Waals surface area contributed by atoms with Crippen molar-refractivity contribution in [1.29, 1.82) is 0 Å². The topological polar surface area (TPSA) is 89.9 Å². The maximum atomic E-state index is 12.0. The minimum atomic E-state index is -0.760. The zero-order chi connectivity index (χ0) is 15.7. The van der Waals surface area contributed by atoms with Crippen LogP contribution in [0.25, 0.3) is 0 Å². The molecule has 0 aromatic heterocycles. The number of rotatable bonds is 8. The standard InChI is InChI=1S/C15H28N2O4/c1-2-12(3-4-14(19)20)5-8-16-15(21)17-9-6-13(11-18)7-10-17/h12-13,18H,2-11H2,1H3,(H,16,21)(H,19,20).